The number of rotatable bonds is 5. The Kier molecular flexibility index (Phi) is 4.22. The van der Waals surface area contributed by atoms with Gasteiger partial charge in [0.25, 0.3) is 5.91 Å². The highest BCUT2D eigenvalue weighted by molar-refractivity contribution is 7.09. The molecule has 0 aliphatic carbocycles. The predicted molar refractivity (Wildman–Crippen MR) is 87.3 cm³/mol. The Hall–Kier alpha value is -2.18. The maximum absolute atomic E-state index is 12.4. The summed E-state index contributed by atoms with van der Waals surface area (Å²) < 4.78 is 1.98. The van der Waals surface area contributed by atoms with E-state index in [0.717, 1.165) is 21.9 Å². The number of aryl methyl sites for hydroxylation is 1. The lowest BCUT2D eigenvalue weighted by molar-refractivity contribution is 0.0953. The number of hydrogen-bond donors (Lipinski definition) is 2. The van der Waals surface area contributed by atoms with Crippen LogP contribution in [0.3, 0.4) is 0 Å². The fourth-order valence-corrected chi connectivity index (χ4v) is 3.00. The maximum Gasteiger partial charge on any atom is 0.253 e. The van der Waals surface area contributed by atoms with E-state index in [2.05, 4.69) is 10.3 Å². The molecule has 0 radical (unpaired) electrons. The molecule has 0 aliphatic heterocycles. The van der Waals surface area contributed by atoms with E-state index < -0.39 is 0 Å². The lowest BCUT2D eigenvalue weighted by Gasteiger charge is -2.03. The molecule has 0 atom stereocenters. The van der Waals surface area contributed by atoms with Gasteiger partial charge in [0.1, 0.15) is 0 Å². The lowest BCUT2D eigenvalue weighted by Crippen LogP contribution is -2.24. The minimum absolute atomic E-state index is 0.0696. The van der Waals surface area contributed by atoms with Gasteiger partial charge in [-0.1, -0.05) is 6.07 Å². The molecule has 0 saturated carbocycles. The number of carbonyl (C=O) groups is 1. The fraction of sp³-hybridized carbons (Fsp3) is 0.250. The molecule has 0 aromatic carbocycles. The number of amides is 1. The highest BCUT2D eigenvalue weighted by atomic mass is 32.1. The summed E-state index contributed by atoms with van der Waals surface area (Å²) in [5, 5.41) is 14.6. The topological polar surface area (TPSA) is 66.6 Å². The van der Waals surface area contributed by atoms with Crippen molar-refractivity contribution in [3.8, 4) is 11.4 Å². The van der Waals surface area contributed by atoms with Gasteiger partial charge >= 0.3 is 0 Å². The van der Waals surface area contributed by atoms with Crippen LogP contribution in [0.5, 0.6) is 0 Å². The number of carbonyl (C=O) groups excluding carboxylic acids is 1. The van der Waals surface area contributed by atoms with Crippen LogP contribution in [0.1, 0.15) is 21.8 Å². The van der Waals surface area contributed by atoms with E-state index in [1.165, 1.54) is 0 Å². The minimum atomic E-state index is -0.129. The van der Waals surface area contributed by atoms with E-state index in [9.17, 15) is 4.79 Å². The monoisotopic (exact) mass is 315 g/mol. The van der Waals surface area contributed by atoms with Crippen molar-refractivity contribution in [2.45, 2.75) is 13.3 Å². The first-order valence-electron chi connectivity index (χ1n) is 7.12. The van der Waals surface area contributed by atoms with Crippen LogP contribution in [-0.2, 0) is 0 Å². The second-order valence-corrected chi connectivity index (χ2v) is 6.05. The third kappa shape index (κ3) is 2.75. The summed E-state index contributed by atoms with van der Waals surface area (Å²) >= 11 is 1.59. The second-order valence-electron chi connectivity index (χ2n) is 4.98. The molecule has 3 aromatic heterocycles. The molecule has 6 heteroatoms. The van der Waals surface area contributed by atoms with E-state index in [4.69, 9.17) is 5.11 Å². The average molecular weight is 315 g/mol. The van der Waals surface area contributed by atoms with E-state index in [1.807, 2.05) is 47.2 Å². The summed E-state index contributed by atoms with van der Waals surface area (Å²) in [5.74, 6) is -0.129. The SMILES string of the molecule is Cc1nc(-c2cc(C(=O)NCCCO)c3ccccn23)cs1. The molecule has 114 valence electrons. The van der Waals surface area contributed by atoms with Gasteiger partial charge in [0, 0.05) is 24.7 Å². The second kappa shape index (κ2) is 6.29. The summed E-state index contributed by atoms with van der Waals surface area (Å²) in [7, 11) is 0. The summed E-state index contributed by atoms with van der Waals surface area (Å²) in [6, 6.07) is 7.64. The molecule has 22 heavy (non-hydrogen) atoms. The lowest BCUT2D eigenvalue weighted by atomic mass is 10.2. The Morgan fingerprint density at radius 2 is 2.32 bits per heavy atom. The fourth-order valence-electron chi connectivity index (χ4n) is 2.39. The molecule has 3 rings (SSSR count). The Morgan fingerprint density at radius 1 is 1.45 bits per heavy atom. The number of thiazole rings is 1. The number of aromatic nitrogens is 2. The van der Waals surface area contributed by atoms with Crippen LogP contribution in [0.25, 0.3) is 16.9 Å². The number of hydrogen-bond acceptors (Lipinski definition) is 4. The number of nitrogens with one attached hydrogen (secondary N) is 1. The molecule has 0 aliphatic rings. The van der Waals surface area contributed by atoms with Crippen LogP contribution in [-0.4, -0.2) is 33.6 Å². The van der Waals surface area contributed by atoms with Gasteiger partial charge in [0.2, 0.25) is 0 Å². The van der Waals surface area contributed by atoms with Crippen molar-refractivity contribution in [3.63, 3.8) is 0 Å². The van der Waals surface area contributed by atoms with Crippen molar-refractivity contribution in [2.75, 3.05) is 13.2 Å². The van der Waals surface area contributed by atoms with Crippen LogP contribution in [0.4, 0.5) is 0 Å². The van der Waals surface area contributed by atoms with Crippen molar-refractivity contribution in [3.05, 3.63) is 46.4 Å². The van der Waals surface area contributed by atoms with Crippen LogP contribution < -0.4 is 5.32 Å². The molecule has 3 aromatic rings. The van der Waals surface area contributed by atoms with E-state index in [0.29, 0.717) is 18.5 Å². The largest absolute Gasteiger partial charge is 0.396 e. The highest BCUT2D eigenvalue weighted by Gasteiger charge is 2.17. The first-order valence-corrected chi connectivity index (χ1v) is 8.00. The Labute approximate surface area is 132 Å². The van der Waals surface area contributed by atoms with Gasteiger partial charge in [-0.2, -0.15) is 0 Å². The van der Waals surface area contributed by atoms with Crippen LogP contribution >= 0.6 is 11.3 Å². The normalized spacial score (nSPS) is 11.0. The predicted octanol–water partition coefficient (Wildman–Crippen LogP) is 2.48. The summed E-state index contributed by atoms with van der Waals surface area (Å²) in [4.78, 5) is 16.9. The van der Waals surface area contributed by atoms with Gasteiger partial charge in [0.15, 0.2) is 0 Å². The molecule has 1 amide bonds. The Balaban J connectivity index is 2.02. The van der Waals surface area contributed by atoms with Crippen molar-refractivity contribution in [2.24, 2.45) is 0 Å². The van der Waals surface area contributed by atoms with Gasteiger partial charge < -0.3 is 14.8 Å². The minimum Gasteiger partial charge on any atom is -0.396 e. The maximum atomic E-state index is 12.4. The highest BCUT2D eigenvalue weighted by Crippen LogP contribution is 2.27. The van der Waals surface area contributed by atoms with E-state index in [1.54, 1.807) is 11.3 Å². The molecular formula is C16H17N3O2S. The van der Waals surface area contributed by atoms with E-state index in [-0.39, 0.29) is 12.5 Å². The zero-order valence-electron chi connectivity index (χ0n) is 12.2. The molecule has 0 bridgehead atoms. The van der Waals surface area contributed by atoms with Crippen LogP contribution in [0.15, 0.2) is 35.8 Å². The average Bonchev–Trinajstić information content (AvgIpc) is 3.11. The molecule has 0 fully saturated rings. The first-order chi connectivity index (χ1) is 10.7. The van der Waals surface area contributed by atoms with Crippen molar-refractivity contribution in [1.29, 1.82) is 0 Å². The van der Waals surface area contributed by atoms with Crippen LogP contribution in [0, 0.1) is 6.92 Å². The smallest absolute Gasteiger partial charge is 0.253 e. The van der Waals surface area contributed by atoms with Gasteiger partial charge in [-0.05, 0) is 31.5 Å². The van der Waals surface area contributed by atoms with Crippen molar-refractivity contribution in [1.82, 2.24) is 14.7 Å². The number of nitrogens with zero attached hydrogens (tertiary/aromatic N) is 2. The van der Waals surface area contributed by atoms with Gasteiger partial charge in [-0.25, -0.2) is 4.98 Å². The summed E-state index contributed by atoms with van der Waals surface area (Å²) in [6.45, 7) is 2.50. The molecule has 3 heterocycles. The molecule has 0 spiro atoms. The molecular weight excluding hydrogens is 298 g/mol. The third-order valence-corrected chi connectivity index (χ3v) is 4.20. The molecule has 0 unspecified atom stereocenters. The van der Waals surface area contributed by atoms with Crippen molar-refractivity contribution < 1.29 is 9.90 Å². The number of aliphatic hydroxyl groups excluding tert-OH is 1. The quantitative estimate of drug-likeness (QED) is 0.711. The number of fused-ring (bicyclic) bond motifs is 1. The zero-order valence-corrected chi connectivity index (χ0v) is 13.1. The van der Waals surface area contributed by atoms with Gasteiger partial charge in [-0.15, -0.1) is 11.3 Å². The molecule has 5 nitrogen and oxygen atoms in total. The summed E-state index contributed by atoms with van der Waals surface area (Å²) in [6.07, 6.45) is 2.49. The molecule has 0 saturated heterocycles. The van der Waals surface area contributed by atoms with Gasteiger partial charge in [0.05, 0.1) is 27.5 Å². The van der Waals surface area contributed by atoms with E-state index >= 15 is 0 Å². The Bertz CT molecular complexity index is 807. The Morgan fingerprint density at radius 3 is 3.05 bits per heavy atom. The van der Waals surface area contributed by atoms with Crippen LogP contribution in [0.2, 0.25) is 0 Å². The van der Waals surface area contributed by atoms with Crippen molar-refractivity contribution >= 4 is 22.8 Å². The standard InChI is InChI=1S/C16H17N3O2S/c1-11-18-13(10-22-11)15-9-12(16(21)17-6-4-8-20)14-5-2-3-7-19(14)15/h2-3,5,7,9-10,20H,4,6,8H2,1H3,(H,17,21). The number of aliphatic hydroxyl groups is 1. The molecule has 2 N–H and O–H groups in total. The third-order valence-electron chi connectivity index (χ3n) is 3.42. The van der Waals surface area contributed by atoms with Gasteiger partial charge in [-0.3, -0.25) is 4.79 Å². The first kappa shape index (κ1) is 14.7. The zero-order chi connectivity index (χ0) is 15.5. The number of pyridine rings is 1. The summed E-state index contributed by atoms with van der Waals surface area (Å²) in [5.41, 5.74) is 3.26.